The molecule has 2 saturated heterocycles. The third-order valence-electron chi connectivity index (χ3n) is 8.58. The van der Waals surface area contributed by atoms with Crippen LogP contribution in [-0.4, -0.2) is 59.2 Å². The van der Waals surface area contributed by atoms with Crippen molar-refractivity contribution < 1.29 is 22.6 Å². The average molecular weight is 732 g/mol. The maximum Gasteiger partial charge on any atom is 0.417 e. The van der Waals surface area contributed by atoms with E-state index in [0.717, 1.165) is 61.1 Å². The number of pyridine rings is 2. The van der Waals surface area contributed by atoms with Crippen LogP contribution in [0.1, 0.15) is 40.0 Å². The molecule has 254 valence electrons. The van der Waals surface area contributed by atoms with Gasteiger partial charge < -0.3 is 9.47 Å². The normalized spacial score (nSPS) is 18.8. The first-order valence-electron chi connectivity index (χ1n) is 16.3. The summed E-state index contributed by atoms with van der Waals surface area (Å²) in [5.41, 5.74) is 4.36. The number of morpholine rings is 2. The molecule has 3 aromatic carbocycles. The predicted molar refractivity (Wildman–Crippen MR) is 187 cm³/mol. The maximum atomic E-state index is 13.3. The van der Waals surface area contributed by atoms with Crippen molar-refractivity contribution in [2.75, 3.05) is 39.4 Å². The number of nitrogens with zero attached hydrogens (tertiary/aromatic N) is 4. The first-order chi connectivity index (χ1) is 23.8. The van der Waals surface area contributed by atoms with Crippen molar-refractivity contribution in [3.63, 3.8) is 0 Å². The van der Waals surface area contributed by atoms with Crippen LogP contribution < -0.4 is 0 Å². The van der Waals surface area contributed by atoms with Crippen molar-refractivity contribution in [1.82, 2.24) is 19.8 Å². The summed E-state index contributed by atoms with van der Waals surface area (Å²) >= 11 is 3.37. The van der Waals surface area contributed by atoms with E-state index in [1.54, 1.807) is 18.3 Å². The van der Waals surface area contributed by atoms with Crippen LogP contribution in [0.2, 0.25) is 0 Å². The quantitative estimate of drug-likeness (QED) is 0.156. The Morgan fingerprint density at radius 1 is 0.633 bits per heavy atom. The zero-order chi connectivity index (χ0) is 34.1. The smallest absolute Gasteiger partial charge is 0.371 e. The van der Waals surface area contributed by atoms with Gasteiger partial charge >= 0.3 is 6.18 Å². The first kappa shape index (κ1) is 34.9. The largest absolute Gasteiger partial charge is 0.417 e. The Kier molecular flexibility index (Phi) is 11.9. The van der Waals surface area contributed by atoms with Crippen LogP contribution in [-0.2, 0) is 28.7 Å². The summed E-state index contributed by atoms with van der Waals surface area (Å²) < 4.78 is 52.4. The zero-order valence-electron chi connectivity index (χ0n) is 27.0. The molecule has 2 atom stereocenters. The molecule has 4 heterocycles. The summed E-state index contributed by atoms with van der Waals surface area (Å²) in [5, 5.41) is 0. The van der Waals surface area contributed by atoms with E-state index in [4.69, 9.17) is 9.47 Å². The second kappa shape index (κ2) is 16.7. The molecular formula is C39H38BrF3N4O2. The fourth-order valence-corrected chi connectivity index (χ4v) is 6.31. The highest BCUT2D eigenvalue weighted by molar-refractivity contribution is 9.10. The monoisotopic (exact) mass is 730 g/mol. The van der Waals surface area contributed by atoms with Gasteiger partial charge in [-0.25, -0.2) is 4.98 Å². The lowest BCUT2D eigenvalue weighted by Crippen LogP contribution is -2.37. The molecule has 0 spiro atoms. The Morgan fingerprint density at radius 3 is 1.63 bits per heavy atom. The number of ether oxygens (including phenoxy) is 2. The zero-order valence-corrected chi connectivity index (χ0v) is 28.6. The molecule has 49 heavy (non-hydrogen) atoms. The van der Waals surface area contributed by atoms with Crippen molar-refractivity contribution >= 4 is 15.9 Å². The van der Waals surface area contributed by atoms with E-state index >= 15 is 0 Å². The van der Waals surface area contributed by atoms with Gasteiger partial charge in [-0.1, -0.05) is 91.0 Å². The van der Waals surface area contributed by atoms with Gasteiger partial charge in [-0.15, -0.1) is 0 Å². The van der Waals surface area contributed by atoms with E-state index in [0.29, 0.717) is 18.8 Å². The summed E-state index contributed by atoms with van der Waals surface area (Å²) in [7, 11) is 0. The number of rotatable bonds is 7. The van der Waals surface area contributed by atoms with E-state index in [-0.39, 0.29) is 17.8 Å². The average Bonchev–Trinajstić information content (AvgIpc) is 3.14. The molecule has 2 aromatic heterocycles. The second-order valence-electron chi connectivity index (χ2n) is 12.1. The SMILES string of the molecule is Brc1ccc(CN2CCOC(c3ccccc3)C2)cn1.FC(F)(F)c1ccccc1-c1ccc(CN2CCOC(c3ccccc3)C2)cn1. The molecule has 0 aliphatic carbocycles. The minimum Gasteiger partial charge on any atom is -0.371 e. The molecule has 5 aromatic rings. The topological polar surface area (TPSA) is 50.7 Å². The van der Waals surface area contributed by atoms with Gasteiger partial charge in [0, 0.05) is 57.2 Å². The van der Waals surface area contributed by atoms with Crippen molar-refractivity contribution in [3.05, 3.63) is 154 Å². The highest BCUT2D eigenvalue weighted by Crippen LogP contribution is 2.36. The van der Waals surface area contributed by atoms with Crippen molar-refractivity contribution in [2.45, 2.75) is 31.5 Å². The standard InChI is InChI=1S/C23H21F3N2O.C16H17BrN2O/c24-23(25,26)20-9-5-4-8-19(20)21-11-10-17(14-27-21)15-28-12-13-29-22(16-28)18-6-2-1-3-7-18;17-16-7-6-13(10-18-16)11-19-8-9-20-15(12-19)14-4-2-1-3-5-14/h1-11,14,22H,12-13,15-16H2;1-7,10,15H,8-9,11-12H2. The lowest BCUT2D eigenvalue weighted by atomic mass is 10.0. The van der Waals surface area contributed by atoms with E-state index in [1.165, 1.54) is 23.3 Å². The number of benzene rings is 3. The summed E-state index contributed by atoms with van der Waals surface area (Å²) in [6, 6.07) is 33.7. The van der Waals surface area contributed by atoms with Gasteiger partial charge in [-0.2, -0.15) is 13.2 Å². The second-order valence-corrected chi connectivity index (χ2v) is 12.9. The molecule has 7 rings (SSSR count). The molecule has 0 saturated carbocycles. The molecular weight excluding hydrogens is 693 g/mol. The number of halogens is 4. The van der Waals surface area contributed by atoms with Gasteiger partial charge in [0.15, 0.2) is 0 Å². The molecule has 2 unspecified atom stereocenters. The van der Waals surface area contributed by atoms with Crippen molar-refractivity contribution in [2.24, 2.45) is 0 Å². The van der Waals surface area contributed by atoms with E-state index in [2.05, 4.69) is 78.2 Å². The van der Waals surface area contributed by atoms with E-state index < -0.39 is 11.7 Å². The summed E-state index contributed by atoms with van der Waals surface area (Å²) in [4.78, 5) is 13.3. The number of hydrogen-bond donors (Lipinski definition) is 0. The Morgan fingerprint density at radius 2 is 1.14 bits per heavy atom. The molecule has 10 heteroatoms. The molecule has 0 bridgehead atoms. The Hall–Kier alpha value is -3.93. The van der Waals surface area contributed by atoms with Crippen LogP contribution in [0.4, 0.5) is 13.2 Å². The molecule has 2 aliphatic heterocycles. The third kappa shape index (κ3) is 9.83. The Labute approximate surface area is 293 Å². The fourth-order valence-electron chi connectivity index (χ4n) is 6.08. The van der Waals surface area contributed by atoms with Crippen LogP contribution in [0.15, 0.2) is 126 Å². The highest BCUT2D eigenvalue weighted by Gasteiger charge is 2.33. The van der Waals surface area contributed by atoms with Crippen LogP contribution in [0, 0.1) is 0 Å². The lowest BCUT2D eigenvalue weighted by Gasteiger charge is -2.33. The lowest BCUT2D eigenvalue weighted by molar-refractivity contribution is -0.137. The molecule has 0 N–H and O–H groups in total. The third-order valence-corrected chi connectivity index (χ3v) is 9.05. The predicted octanol–water partition coefficient (Wildman–Crippen LogP) is 8.76. The Bertz CT molecular complexity index is 1740. The van der Waals surface area contributed by atoms with Gasteiger partial charge in [-0.05, 0) is 56.4 Å². The van der Waals surface area contributed by atoms with Gasteiger partial charge in [0.1, 0.15) is 4.60 Å². The molecule has 6 nitrogen and oxygen atoms in total. The van der Waals surface area contributed by atoms with E-state index in [9.17, 15) is 13.2 Å². The molecule has 0 radical (unpaired) electrons. The fraction of sp³-hybridized carbons (Fsp3) is 0.282. The van der Waals surface area contributed by atoms with Gasteiger partial charge in [0.05, 0.1) is 36.7 Å². The number of aromatic nitrogens is 2. The summed E-state index contributed by atoms with van der Waals surface area (Å²) in [6.45, 7) is 6.51. The van der Waals surface area contributed by atoms with E-state index in [1.807, 2.05) is 42.6 Å². The summed E-state index contributed by atoms with van der Waals surface area (Å²) in [6.07, 6.45) is -0.617. The molecule has 2 aliphatic rings. The van der Waals surface area contributed by atoms with Crippen LogP contribution in [0.25, 0.3) is 11.3 Å². The first-order valence-corrected chi connectivity index (χ1v) is 17.1. The minimum atomic E-state index is -4.41. The maximum absolute atomic E-state index is 13.3. The van der Waals surface area contributed by atoms with Crippen LogP contribution >= 0.6 is 15.9 Å². The number of alkyl halides is 3. The minimum absolute atomic E-state index is 0.0239. The molecule has 2 fully saturated rings. The van der Waals surface area contributed by atoms with Gasteiger partial charge in [0.2, 0.25) is 0 Å². The van der Waals surface area contributed by atoms with Crippen LogP contribution in [0.5, 0.6) is 0 Å². The number of hydrogen-bond acceptors (Lipinski definition) is 6. The highest BCUT2D eigenvalue weighted by atomic mass is 79.9. The van der Waals surface area contributed by atoms with Gasteiger partial charge in [-0.3, -0.25) is 14.8 Å². The van der Waals surface area contributed by atoms with Crippen LogP contribution in [0.3, 0.4) is 0 Å². The summed E-state index contributed by atoms with van der Waals surface area (Å²) in [5.74, 6) is 0. The molecule has 0 amide bonds. The Balaban J connectivity index is 0.000000182. The van der Waals surface area contributed by atoms with Crippen molar-refractivity contribution in [3.8, 4) is 11.3 Å². The van der Waals surface area contributed by atoms with Crippen molar-refractivity contribution in [1.29, 1.82) is 0 Å². The van der Waals surface area contributed by atoms with Gasteiger partial charge in [0.25, 0.3) is 0 Å².